The molecule has 2 aromatic rings. The van der Waals surface area contributed by atoms with Crippen molar-refractivity contribution in [2.45, 2.75) is 30.5 Å². The van der Waals surface area contributed by atoms with E-state index >= 15 is 0 Å². The number of carbonyl (C=O) groups is 3. The zero-order chi connectivity index (χ0) is 23.5. The Balaban J connectivity index is 0.00000306. The van der Waals surface area contributed by atoms with Gasteiger partial charge in [-0.3, -0.25) is 9.59 Å². The standard InChI is InChI=1S/C21H18O11.Ca/c22-5-11-16(26)18(28)19(29)20(32-11)7-1-2-9(23)14-13(7)15(25)8-3-6(21(30)31)4-10(24)12(8)17(14)27;/h1-4,11,16,18-20,22-24,26,28-29H,5H2,(H,30,31);/t11-,16-,18+,19-,20+;/m1./s1. The molecule has 2 aliphatic rings. The fraction of sp³-hybridized carbons (Fsp3) is 0.286. The average Bonchev–Trinajstić information content (AvgIpc) is 2.75. The van der Waals surface area contributed by atoms with E-state index in [1.807, 2.05) is 0 Å². The van der Waals surface area contributed by atoms with E-state index in [2.05, 4.69) is 0 Å². The molecule has 2 aromatic carbocycles. The summed E-state index contributed by atoms with van der Waals surface area (Å²) in [6.45, 7) is -0.729. The van der Waals surface area contributed by atoms with Gasteiger partial charge in [0, 0.05) is 48.9 Å². The van der Waals surface area contributed by atoms with Gasteiger partial charge in [0.15, 0.2) is 5.78 Å². The molecule has 1 aliphatic heterocycles. The molecule has 7 N–H and O–H groups in total. The van der Waals surface area contributed by atoms with E-state index in [0.29, 0.717) is 0 Å². The van der Waals surface area contributed by atoms with Crippen molar-refractivity contribution in [2.24, 2.45) is 0 Å². The number of aliphatic hydroxyl groups is 4. The number of ketones is 2. The number of fused-ring (bicyclic) bond motifs is 2. The molecule has 1 saturated heterocycles. The molecule has 170 valence electrons. The van der Waals surface area contributed by atoms with E-state index in [4.69, 9.17) is 4.74 Å². The fourth-order valence-corrected chi connectivity index (χ4v) is 4.11. The average molecular weight is 486 g/mol. The number of aromatic carboxylic acids is 1. The van der Waals surface area contributed by atoms with Crippen molar-refractivity contribution in [3.8, 4) is 11.5 Å². The predicted octanol–water partition coefficient (Wildman–Crippen LogP) is -1.29. The Hall–Kier alpha value is -2.09. The molecule has 5 atom stereocenters. The van der Waals surface area contributed by atoms with E-state index in [1.165, 1.54) is 0 Å². The van der Waals surface area contributed by atoms with Crippen LogP contribution in [-0.4, -0.2) is 122 Å². The Labute approximate surface area is 215 Å². The number of ether oxygens (including phenoxy) is 1. The molecule has 0 bridgehead atoms. The van der Waals surface area contributed by atoms with Crippen molar-refractivity contribution in [3.05, 3.63) is 57.6 Å². The van der Waals surface area contributed by atoms with Crippen LogP contribution in [0.4, 0.5) is 0 Å². The summed E-state index contributed by atoms with van der Waals surface area (Å²) in [6.07, 6.45) is -7.99. The number of carbonyl (C=O) groups excluding carboxylic acids is 2. The first-order valence-electron chi connectivity index (χ1n) is 9.44. The Morgan fingerprint density at radius 1 is 0.879 bits per heavy atom. The molecule has 1 fully saturated rings. The zero-order valence-corrected chi connectivity index (χ0v) is 19.1. The number of phenolic OH excluding ortho intramolecular Hbond substituents is 2. The molecular weight excluding hydrogens is 468 g/mol. The number of benzene rings is 2. The van der Waals surface area contributed by atoms with Gasteiger partial charge in [-0.2, -0.15) is 0 Å². The van der Waals surface area contributed by atoms with E-state index in [1.54, 1.807) is 0 Å². The van der Waals surface area contributed by atoms with Crippen molar-refractivity contribution in [2.75, 3.05) is 6.61 Å². The Morgan fingerprint density at radius 2 is 1.55 bits per heavy atom. The van der Waals surface area contributed by atoms with Gasteiger partial charge in [0.05, 0.1) is 23.3 Å². The van der Waals surface area contributed by atoms with Crippen LogP contribution in [0.2, 0.25) is 0 Å². The summed E-state index contributed by atoms with van der Waals surface area (Å²) in [6, 6.07) is 3.92. The monoisotopic (exact) mass is 486 g/mol. The number of hydrogen-bond acceptors (Lipinski definition) is 10. The van der Waals surface area contributed by atoms with Crippen molar-refractivity contribution < 1.29 is 54.9 Å². The van der Waals surface area contributed by atoms with Gasteiger partial charge in [-0.25, -0.2) is 4.79 Å². The Morgan fingerprint density at radius 3 is 2.15 bits per heavy atom. The van der Waals surface area contributed by atoms with Crippen LogP contribution in [0.3, 0.4) is 0 Å². The third kappa shape index (κ3) is 3.94. The van der Waals surface area contributed by atoms with Crippen LogP contribution in [0, 0.1) is 0 Å². The topological polar surface area (TPSA) is 202 Å². The van der Waals surface area contributed by atoms with Gasteiger partial charge in [0.1, 0.15) is 42.0 Å². The molecule has 0 aromatic heterocycles. The first-order chi connectivity index (χ1) is 15.1. The maximum atomic E-state index is 13.3. The number of phenols is 2. The molecule has 4 rings (SSSR count). The van der Waals surface area contributed by atoms with Gasteiger partial charge >= 0.3 is 5.97 Å². The summed E-state index contributed by atoms with van der Waals surface area (Å²) in [5.41, 5.74) is -2.45. The normalized spacial score (nSPS) is 26.2. The summed E-state index contributed by atoms with van der Waals surface area (Å²) >= 11 is 0. The minimum atomic E-state index is -1.77. The van der Waals surface area contributed by atoms with E-state index < -0.39 is 94.0 Å². The van der Waals surface area contributed by atoms with Crippen LogP contribution >= 0.6 is 0 Å². The number of aliphatic hydroxyl groups excluding tert-OH is 4. The van der Waals surface area contributed by atoms with Crippen LogP contribution in [-0.2, 0) is 4.74 Å². The largest absolute Gasteiger partial charge is 0.507 e. The number of hydrogen-bond donors (Lipinski definition) is 7. The molecule has 11 nitrogen and oxygen atoms in total. The SMILES string of the molecule is O=C(O)c1cc(O)c2c(c1)C(=O)c1c([C@@H]3O[C@H](CO)[C@@H](O)[C@H](O)[C@H]3O)ccc(O)c1C2=O.[Ca]. The Bertz CT molecular complexity index is 1160. The van der Waals surface area contributed by atoms with Crippen LogP contribution < -0.4 is 0 Å². The van der Waals surface area contributed by atoms with Gasteiger partial charge in [-0.1, -0.05) is 6.07 Å². The molecule has 1 aliphatic carbocycles. The first-order valence-corrected chi connectivity index (χ1v) is 9.44. The van der Waals surface area contributed by atoms with Crippen molar-refractivity contribution >= 4 is 55.3 Å². The molecule has 0 spiro atoms. The maximum Gasteiger partial charge on any atom is 0.335 e. The number of carboxylic acids is 1. The minimum Gasteiger partial charge on any atom is -0.507 e. The zero-order valence-electron chi connectivity index (χ0n) is 16.9. The molecular formula is C21H18CaO11. The van der Waals surface area contributed by atoms with Gasteiger partial charge in [-0.05, 0) is 23.8 Å². The van der Waals surface area contributed by atoms with Crippen LogP contribution in [0.1, 0.15) is 53.9 Å². The molecule has 0 unspecified atom stereocenters. The number of aromatic hydroxyl groups is 2. The van der Waals surface area contributed by atoms with Gasteiger partial charge in [-0.15, -0.1) is 0 Å². The Kier molecular flexibility index (Phi) is 7.18. The van der Waals surface area contributed by atoms with Crippen molar-refractivity contribution in [3.63, 3.8) is 0 Å². The molecule has 0 amide bonds. The number of carboxylic acid groups (broad SMARTS) is 1. The molecule has 33 heavy (non-hydrogen) atoms. The quantitative estimate of drug-likeness (QED) is 0.217. The smallest absolute Gasteiger partial charge is 0.335 e. The third-order valence-electron chi connectivity index (χ3n) is 5.70. The second-order valence-corrected chi connectivity index (χ2v) is 7.55. The second kappa shape index (κ2) is 9.28. The molecule has 12 heteroatoms. The number of rotatable bonds is 3. The molecule has 0 saturated carbocycles. The van der Waals surface area contributed by atoms with Gasteiger partial charge < -0.3 is 40.5 Å². The maximum absolute atomic E-state index is 13.3. The summed E-state index contributed by atoms with van der Waals surface area (Å²) in [7, 11) is 0. The first kappa shape index (κ1) is 25.5. The molecule has 2 radical (unpaired) electrons. The summed E-state index contributed by atoms with van der Waals surface area (Å²) in [5.74, 6) is -4.73. The summed E-state index contributed by atoms with van der Waals surface area (Å²) < 4.78 is 5.48. The van der Waals surface area contributed by atoms with Crippen molar-refractivity contribution in [1.82, 2.24) is 0 Å². The summed E-state index contributed by atoms with van der Waals surface area (Å²) in [4.78, 5) is 37.8. The van der Waals surface area contributed by atoms with Crippen molar-refractivity contribution in [1.29, 1.82) is 0 Å². The van der Waals surface area contributed by atoms with E-state index in [0.717, 1.165) is 24.3 Å². The van der Waals surface area contributed by atoms with E-state index in [-0.39, 0.29) is 43.3 Å². The third-order valence-corrected chi connectivity index (χ3v) is 5.70. The fourth-order valence-electron chi connectivity index (χ4n) is 4.11. The molecule has 1 heterocycles. The predicted molar refractivity (Wildman–Crippen MR) is 109 cm³/mol. The minimum absolute atomic E-state index is 0. The summed E-state index contributed by atoms with van der Waals surface area (Å²) in [5, 5.41) is 69.7. The van der Waals surface area contributed by atoms with Gasteiger partial charge in [0.2, 0.25) is 5.78 Å². The second-order valence-electron chi connectivity index (χ2n) is 7.55. The van der Waals surface area contributed by atoms with E-state index in [9.17, 15) is 50.1 Å². The van der Waals surface area contributed by atoms with Gasteiger partial charge in [0.25, 0.3) is 0 Å². The van der Waals surface area contributed by atoms with Crippen LogP contribution in [0.25, 0.3) is 0 Å². The van der Waals surface area contributed by atoms with Crippen LogP contribution in [0.5, 0.6) is 11.5 Å². The van der Waals surface area contributed by atoms with Crippen LogP contribution in [0.15, 0.2) is 24.3 Å².